The number of carbonyl (C=O) groups excluding carboxylic acids is 1. The molecule has 0 aromatic heterocycles. The predicted molar refractivity (Wildman–Crippen MR) is 103 cm³/mol. The first-order chi connectivity index (χ1) is 12.6. The molecule has 3 aliphatic heterocycles. The minimum Gasteiger partial charge on any atom is -0.462 e. The van der Waals surface area contributed by atoms with Crippen molar-refractivity contribution in [3.63, 3.8) is 0 Å². The smallest absolute Gasteiger partial charge is 0.312 e. The maximum atomic E-state index is 12.4. The minimum atomic E-state index is -0.181. The second-order valence-corrected chi connectivity index (χ2v) is 8.21. The number of aryl methyl sites for hydroxylation is 1. The highest BCUT2D eigenvalue weighted by molar-refractivity contribution is 5.79. The molecule has 0 radical (unpaired) electrons. The normalized spacial score (nSPS) is 26.3. The molecule has 1 atom stereocenters. The first-order valence-corrected chi connectivity index (χ1v) is 10.1. The number of esters is 1. The molecule has 1 spiro atoms. The Morgan fingerprint density at radius 2 is 1.81 bits per heavy atom. The van der Waals surface area contributed by atoms with E-state index in [0.717, 1.165) is 71.5 Å². The lowest BCUT2D eigenvalue weighted by Gasteiger charge is -2.36. The van der Waals surface area contributed by atoms with Gasteiger partial charge in [0, 0.05) is 44.8 Å². The van der Waals surface area contributed by atoms with E-state index < -0.39 is 0 Å². The van der Waals surface area contributed by atoms with Gasteiger partial charge in [-0.2, -0.15) is 0 Å². The molecule has 3 heterocycles. The van der Waals surface area contributed by atoms with Crippen molar-refractivity contribution < 1.29 is 9.53 Å². The van der Waals surface area contributed by atoms with Gasteiger partial charge >= 0.3 is 5.97 Å². The van der Waals surface area contributed by atoms with Crippen molar-refractivity contribution in [1.82, 2.24) is 10.2 Å². The van der Waals surface area contributed by atoms with Crippen LogP contribution in [0.15, 0.2) is 24.3 Å². The van der Waals surface area contributed by atoms with Gasteiger partial charge in [-0.3, -0.25) is 9.69 Å². The molecular weight excluding hydrogens is 326 g/mol. The zero-order chi connectivity index (χ0) is 18.0. The Kier molecular flexibility index (Phi) is 5.18. The van der Waals surface area contributed by atoms with E-state index >= 15 is 0 Å². The number of cyclic esters (lactones) is 1. The van der Waals surface area contributed by atoms with Gasteiger partial charge in [0.1, 0.15) is 6.10 Å². The first kappa shape index (κ1) is 17.8. The zero-order valence-electron chi connectivity index (χ0n) is 15.9. The Hall–Kier alpha value is -1.59. The molecule has 5 nitrogen and oxygen atoms in total. The second-order valence-electron chi connectivity index (χ2n) is 8.21. The van der Waals surface area contributed by atoms with Crippen LogP contribution in [-0.4, -0.2) is 62.8 Å². The number of piperazine rings is 1. The van der Waals surface area contributed by atoms with Crippen LogP contribution in [0.2, 0.25) is 0 Å². The molecule has 1 aromatic carbocycles. The molecule has 0 bridgehead atoms. The van der Waals surface area contributed by atoms with Gasteiger partial charge in [-0.25, -0.2) is 0 Å². The highest BCUT2D eigenvalue weighted by Gasteiger charge is 2.49. The fraction of sp³-hybridized carbons (Fsp3) is 0.667. The van der Waals surface area contributed by atoms with E-state index in [0.29, 0.717) is 0 Å². The summed E-state index contributed by atoms with van der Waals surface area (Å²) in [6, 6.07) is 8.82. The van der Waals surface area contributed by atoms with Gasteiger partial charge in [-0.1, -0.05) is 17.7 Å². The van der Waals surface area contributed by atoms with Crippen LogP contribution in [0.1, 0.15) is 31.2 Å². The Morgan fingerprint density at radius 1 is 1.12 bits per heavy atom. The van der Waals surface area contributed by atoms with Crippen LogP contribution >= 0.6 is 0 Å². The third-order valence-electron chi connectivity index (χ3n) is 6.42. The van der Waals surface area contributed by atoms with Crippen LogP contribution in [0.25, 0.3) is 0 Å². The first-order valence-electron chi connectivity index (χ1n) is 10.1. The molecule has 142 valence electrons. The van der Waals surface area contributed by atoms with Crippen molar-refractivity contribution in [2.75, 3.05) is 50.7 Å². The number of nitrogens with zero attached hydrogens (tertiary/aromatic N) is 2. The van der Waals surface area contributed by atoms with Crippen LogP contribution < -0.4 is 10.2 Å². The highest BCUT2D eigenvalue weighted by Crippen LogP contribution is 2.42. The lowest BCUT2D eigenvalue weighted by molar-refractivity contribution is -0.150. The summed E-state index contributed by atoms with van der Waals surface area (Å²) < 4.78 is 5.74. The standard InChI is InChI=1S/C21H31N3O2/c1-17-2-4-18(5-3-17)24-14-12-23(13-15-24)11-6-19-16-21(20(25)26-19)7-9-22-10-8-21/h2-5,19,22H,6-16H2,1H3/t19-/m0/s1. The molecule has 4 rings (SSSR count). The van der Waals surface area contributed by atoms with Crippen molar-refractivity contribution >= 4 is 11.7 Å². The van der Waals surface area contributed by atoms with Gasteiger partial charge in [0.05, 0.1) is 5.41 Å². The highest BCUT2D eigenvalue weighted by atomic mass is 16.6. The maximum absolute atomic E-state index is 12.4. The van der Waals surface area contributed by atoms with Gasteiger partial charge in [-0.15, -0.1) is 0 Å². The van der Waals surface area contributed by atoms with E-state index in [1.54, 1.807) is 0 Å². The quantitative estimate of drug-likeness (QED) is 0.837. The van der Waals surface area contributed by atoms with Crippen LogP contribution in [0.5, 0.6) is 0 Å². The predicted octanol–water partition coefficient (Wildman–Crippen LogP) is 2.19. The fourth-order valence-electron chi connectivity index (χ4n) is 4.62. The van der Waals surface area contributed by atoms with Crippen LogP contribution in [0, 0.1) is 12.3 Å². The van der Waals surface area contributed by atoms with E-state index in [9.17, 15) is 4.79 Å². The van der Waals surface area contributed by atoms with E-state index in [1.807, 2.05) is 0 Å². The SMILES string of the molecule is Cc1ccc(N2CCN(CC[C@H]3CC4(CCNCC4)C(=O)O3)CC2)cc1. The third-order valence-corrected chi connectivity index (χ3v) is 6.42. The summed E-state index contributed by atoms with van der Waals surface area (Å²) >= 11 is 0. The summed E-state index contributed by atoms with van der Waals surface area (Å²) in [4.78, 5) is 17.4. The fourth-order valence-corrected chi connectivity index (χ4v) is 4.62. The third kappa shape index (κ3) is 3.74. The number of anilines is 1. The summed E-state index contributed by atoms with van der Waals surface area (Å²) in [5, 5.41) is 3.35. The van der Waals surface area contributed by atoms with Crippen LogP contribution in [-0.2, 0) is 9.53 Å². The molecule has 0 amide bonds. The lowest BCUT2D eigenvalue weighted by atomic mass is 9.76. The maximum Gasteiger partial charge on any atom is 0.312 e. The monoisotopic (exact) mass is 357 g/mol. The van der Waals surface area contributed by atoms with Gasteiger partial charge in [0.25, 0.3) is 0 Å². The van der Waals surface area contributed by atoms with E-state index in [-0.39, 0.29) is 17.5 Å². The summed E-state index contributed by atoms with van der Waals surface area (Å²) in [7, 11) is 0. The number of hydrogen-bond acceptors (Lipinski definition) is 5. The number of hydrogen-bond donors (Lipinski definition) is 1. The van der Waals surface area contributed by atoms with Gasteiger partial charge in [-0.05, 0) is 51.4 Å². The minimum absolute atomic E-state index is 0.0631. The van der Waals surface area contributed by atoms with Crippen molar-refractivity contribution in [3.8, 4) is 0 Å². The van der Waals surface area contributed by atoms with E-state index in [4.69, 9.17) is 4.74 Å². The number of carbonyl (C=O) groups is 1. The van der Waals surface area contributed by atoms with Crippen molar-refractivity contribution in [1.29, 1.82) is 0 Å². The average Bonchev–Trinajstić information content (AvgIpc) is 2.97. The Balaban J connectivity index is 1.23. The van der Waals surface area contributed by atoms with Crippen molar-refractivity contribution in [3.05, 3.63) is 29.8 Å². The average molecular weight is 357 g/mol. The molecule has 0 saturated carbocycles. The topological polar surface area (TPSA) is 44.8 Å². The molecule has 0 aliphatic carbocycles. The molecule has 1 N–H and O–H groups in total. The molecule has 1 aromatic rings. The molecule has 0 unspecified atom stereocenters. The van der Waals surface area contributed by atoms with E-state index in [1.165, 1.54) is 11.3 Å². The summed E-state index contributed by atoms with van der Waals surface area (Å²) in [6.07, 6.45) is 3.91. The molecule has 5 heteroatoms. The molecule has 3 aliphatic rings. The molecule has 3 saturated heterocycles. The van der Waals surface area contributed by atoms with Crippen LogP contribution in [0.3, 0.4) is 0 Å². The number of benzene rings is 1. The molecular formula is C21H31N3O2. The number of ether oxygens (including phenoxy) is 1. The lowest BCUT2D eigenvalue weighted by Crippen LogP contribution is -2.47. The van der Waals surface area contributed by atoms with Gasteiger partial charge in [0.2, 0.25) is 0 Å². The Bertz CT molecular complexity index is 617. The number of rotatable bonds is 4. The zero-order valence-corrected chi connectivity index (χ0v) is 15.9. The molecule has 26 heavy (non-hydrogen) atoms. The number of piperidine rings is 1. The summed E-state index contributed by atoms with van der Waals surface area (Å²) in [5.74, 6) is 0.0631. The van der Waals surface area contributed by atoms with Crippen molar-refractivity contribution in [2.45, 2.75) is 38.7 Å². The molecule has 3 fully saturated rings. The summed E-state index contributed by atoms with van der Waals surface area (Å²) in [5.41, 5.74) is 2.46. The second kappa shape index (κ2) is 7.57. The Labute approximate surface area is 156 Å². The number of nitrogens with one attached hydrogen (secondary N) is 1. The van der Waals surface area contributed by atoms with E-state index in [2.05, 4.69) is 46.3 Å². The Morgan fingerprint density at radius 3 is 2.50 bits per heavy atom. The largest absolute Gasteiger partial charge is 0.462 e. The summed E-state index contributed by atoms with van der Waals surface area (Å²) in [6.45, 7) is 9.38. The van der Waals surface area contributed by atoms with Gasteiger partial charge < -0.3 is 15.0 Å². The van der Waals surface area contributed by atoms with Crippen molar-refractivity contribution in [2.24, 2.45) is 5.41 Å². The van der Waals surface area contributed by atoms with Crippen LogP contribution in [0.4, 0.5) is 5.69 Å². The van der Waals surface area contributed by atoms with Gasteiger partial charge in [0.15, 0.2) is 0 Å².